The number of aliphatic carboxylic acids is 1. The van der Waals surface area contributed by atoms with E-state index in [4.69, 9.17) is 15.6 Å². The highest BCUT2D eigenvalue weighted by Gasteiger charge is 2.38. The number of rotatable bonds is 6. The third-order valence-electron chi connectivity index (χ3n) is 4.33. The van der Waals surface area contributed by atoms with Gasteiger partial charge in [-0.1, -0.05) is 44.2 Å². The average Bonchev–Trinajstić information content (AvgIpc) is 3.09. The monoisotopic (exact) mass is 443 g/mol. The number of hydrogen-bond donors (Lipinski definition) is 3. The molecule has 2 rings (SSSR count). The molecule has 1 heterocycles. The van der Waals surface area contributed by atoms with Crippen molar-refractivity contribution in [3.05, 3.63) is 47.5 Å². The van der Waals surface area contributed by atoms with Crippen molar-refractivity contribution in [2.75, 3.05) is 0 Å². The first kappa shape index (κ1) is 26.2. The van der Waals surface area contributed by atoms with Crippen molar-refractivity contribution in [3.8, 4) is 0 Å². The molecule has 31 heavy (non-hydrogen) atoms. The average molecular weight is 443 g/mol. The minimum Gasteiger partial charge on any atom is -0.475 e. The van der Waals surface area contributed by atoms with Crippen LogP contribution in [-0.4, -0.2) is 46.1 Å². The lowest BCUT2D eigenvalue weighted by atomic mass is 10.0. The summed E-state index contributed by atoms with van der Waals surface area (Å²) in [5, 5.41) is 10.0. The molecule has 1 aliphatic heterocycles. The molecule has 0 aliphatic carbocycles. The van der Waals surface area contributed by atoms with Crippen LogP contribution in [0.25, 0.3) is 0 Å². The number of carboxylic acid groups (broad SMARTS) is 1. The summed E-state index contributed by atoms with van der Waals surface area (Å²) < 4.78 is 31.7. The third kappa shape index (κ3) is 9.20. The second-order valence-corrected chi connectivity index (χ2v) is 7.66. The molecule has 0 fully saturated rings. The Hall–Kier alpha value is -2.88. The molecular formula is C21H28F3N3O4. The minimum atomic E-state index is -5.08. The molecule has 0 saturated carbocycles. The summed E-state index contributed by atoms with van der Waals surface area (Å²) in [6, 6.07) is 7.35. The smallest absolute Gasteiger partial charge is 0.475 e. The Balaban J connectivity index is 0.000000592. The number of carbonyl (C=O) groups is 3. The molecule has 0 radical (unpaired) electrons. The lowest BCUT2D eigenvalue weighted by molar-refractivity contribution is -0.192. The highest BCUT2D eigenvalue weighted by molar-refractivity contribution is 5.88. The van der Waals surface area contributed by atoms with Crippen molar-refractivity contribution in [2.45, 2.75) is 58.5 Å². The van der Waals surface area contributed by atoms with Crippen molar-refractivity contribution in [1.82, 2.24) is 10.2 Å². The van der Waals surface area contributed by atoms with Crippen molar-refractivity contribution >= 4 is 17.8 Å². The Labute approximate surface area is 179 Å². The number of nitrogens with two attached hydrogens (primary N) is 1. The van der Waals surface area contributed by atoms with Crippen LogP contribution in [0.2, 0.25) is 0 Å². The Bertz CT molecular complexity index is 782. The van der Waals surface area contributed by atoms with Crippen LogP contribution >= 0.6 is 0 Å². The van der Waals surface area contributed by atoms with Crippen LogP contribution in [0.4, 0.5) is 13.2 Å². The number of fused-ring (bicyclic) bond motifs is 1. The lowest BCUT2D eigenvalue weighted by Gasteiger charge is -2.19. The summed E-state index contributed by atoms with van der Waals surface area (Å²) >= 11 is 0. The zero-order valence-corrected chi connectivity index (χ0v) is 17.6. The summed E-state index contributed by atoms with van der Waals surface area (Å²) in [6.45, 7) is 7.09. The van der Waals surface area contributed by atoms with Gasteiger partial charge in [0.05, 0.1) is 6.04 Å². The van der Waals surface area contributed by atoms with Crippen LogP contribution in [0.5, 0.6) is 0 Å². The predicted octanol–water partition coefficient (Wildman–Crippen LogP) is 2.60. The van der Waals surface area contributed by atoms with Gasteiger partial charge in [-0.2, -0.15) is 13.2 Å². The van der Waals surface area contributed by atoms with Crippen LogP contribution in [0.1, 0.15) is 38.3 Å². The topological polar surface area (TPSA) is 113 Å². The third-order valence-corrected chi connectivity index (χ3v) is 4.33. The molecule has 0 spiro atoms. The van der Waals surface area contributed by atoms with E-state index >= 15 is 0 Å². The van der Waals surface area contributed by atoms with Gasteiger partial charge >= 0.3 is 12.1 Å². The molecule has 7 nitrogen and oxygen atoms in total. The van der Waals surface area contributed by atoms with E-state index in [-0.39, 0.29) is 17.9 Å². The van der Waals surface area contributed by atoms with Gasteiger partial charge < -0.3 is 21.1 Å². The summed E-state index contributed by atoms with van der Waals surface area (Å²) in [7, 11) is 0. The molecule has 0 saturated heterocycles. The summed E-state index contributed by atoms with van der Waals surface area (Å²) in [5.74, 6) is -2.59. The molecule has 0 aromatic heterocycles. The van der Waals surface area contributed by atoms with Gasteiger partial charge in [0.2, 0.25) is 11.8 Å². The first-order chi connectivity index (χ1) is 14.3. The largest absolute Gasteiger partial charge is 0.490 e. The lowest BCUT2D eigenvalue weighted by Crippen LogP contribution is -2.43. The molecule has 4 N–H and O–H groups in total. The van der Waals surface area contributed by atoms with E-state index in [2.05, 4.69) is 31.3 Å². The second kappa shape index (κ2) is 11.5. The van der Waals surface area contributed by atoms with Gasteiger partial charge in [0.15, 0.2) is 0 Å². The summed E-state index contributed by atoms with van der Waals surface area (Å²) in [6.07, 6.45) is -0.964. The van der Waals surface area contributed by atoms with Gasteiger partial charge in [-0.3, -0.25) is 9.59 Å². The first-order valence-corrected chi connectivity index (χ1v) is 9.71. The minimum absolute atomic E-state index is 0.0324. The number of nitrogens with one attached hydrogen (secondary N) is 1. The molecule has 2 amide bonds. The molecule has 1 aromatic carbocycles. The second-order valence-electron chi connectivity index (χ2n) is 7.66. The number of halogens is 3. The number of carboxylic acids is 1. The number of amides is 2. The quantitative estimate of drug-likeness (QED) is 0.585. The molecule has 2 atom stereocenters. The van der Waals surface area contributed by atoms with Gasteiger partial charge in [-0.15, -0.1) is 0 Å². The molecule has 1 aromatic rings. The van der Waals surface area contributed by atoms with E-state index in [9.17, 15) is 22.8 Å². The number of nitrogens with zero attached hydrogens (tertiary/aromatic N) is 1. The van der Waals surface area contributed by atoms with Crippen molar-refractivity contribution in [3.63, 3.8) is 0 Å². The highest BCUT2D eigenvalue weighted by Crippen LogP contribution is 2.22. The number of hydrogen-bond acceptors (Lipinski definition) is 4. The Morgan fingerprint density at radius 2 is 1.65 bits per heavy atom. The van der Waals surface area contributed by atoms with Crippen LogP contribution in [0.15, 0.2) is 36.4 Å². The fourth-order valence-corrected chi connectivity index (χ4v) is 2.80. The van der Waals surface area contributed by atoms with Crippen molar-refractivity contribution in [2.24, 2.45) is 11.7 Å². The van der Waals surface area contributed by atoms with E-state index < -0.39 is 18.2 Å². The van der Waals surface area contributed by atoms with Crippen molar-refractivity contribution in [1.29, 1.82) is 0 Å². The fraction of sp³-hybridized carbons (Fsp3) is 0.476. The number of carbonyl (C=O) groups excluding carboxylic acids is 2. The molecule has 0 unspecified atom stereocenters. The maximum atomic E-state index is 12.4. The Morgan fingerprint density at radius 3 is 2.03 bits per heavy atom. The van der Waals surface area contributed by atoms with E-state index in [1.54, 1.807) is 24.0 Å². The Morgan fingerprint density at radius 1 is 1.16 bits per heavy atom. The van der Waals surface area contributed by atoms with Crippen LogP contribution in [-0.2, 0) is 27.5 Å². The van der Waals surface area contributed by atoms with Gasteiger partial charge in [-0.05, 0) is 30.4 Å². The first-order valence-electron chi connectivity index (χ1n) is 9.71. The van der Waals surface area contributed by atoms with E-state index in [0.717, 1.165) is 6.42 Å². The highest BCUT2D eigenvalue weighted by atomic mass is 19.4. The zero-order valence-electron chi connectivity index (χ0n) is 17.6. The summed E-state index contributed by atoms with van der Waals surface area (Å²) in [5.41, 5.74) is 8.00. The maximum Gasteiger partial charge on any atom is 0.490 e. The van der Waals surface area contributed by atoms with Crippen LogP contribution in [0, 0.1) is 5.92 Å². The number of alkyl halides is 3. The van der Waals surface area contributed by atoms with E-state index in [1.165, 1.54) is 11.1 Å². The zero-order chi connectivity index (χ0) is 23.8. The van der Waals surface area contributed by atoms with Crippen LogP contribution < -0.4 is 11.1 Å². The predicted molar refractivity (Wildman–Crippen MR) is 109 cm³/mol. The normalized spacial score (nSPS) is 15.2. The molecule has 0 bridgehead atoms. The van der Waals surface area contributed by atoms with Gasteiger partial charge in [0.1, 0.15) is 0 Å². The molecular weight excluding hydrogens is 415 g/mol. The van der Waals surface area contributed by atoms with Crippen LogP contribution in [0.3, 0.4) is 0 Å². The fourth-order valence-electron chi connectivity index (χ4n) is 2.80. The van der Waals surface area contributed by atoms with Gasteiger partial charge in [0, 0.05) is 25.2 Å². The van der Waals surface area contributed by atoms with E-state index in [1.807, 2.05) is 12.1 Å². The number of benzene rings is 1. The maximum absolute atomic E-state index is 12.4. The SMILES string of the molecule is CC(C)C[C@@H](/C=C/C(=O)N1Cc2ccccc2C1)NC(=O)[C@H](C)N.O=C(O)C(F)(F)F. The summed E-state index contributed by atoms with van der Waals surface area (Å²) in [4.78, 5) is 34.9. The van der Waals surface area contributed by atoms with Gasteiger partial charge in [0.25, 0.3) is 0 Å². The molecule has 10 heteroatoms. The van der Waals surface area contributed by atoms with Gasteiger partial charge in [-0.25, -0.2) is 4.79 Å². The molecule has 172 valence electrons. The standard InChI is InChI=1S/C19H27N3O2.C2HF3O2/c1-13(2)10-17(21-19(24)14(3)20)8-9-18(23)22-11-15-6-4-5-7-16(15)12-22;3-2(4,5)1(6)7/h4-9,13-14,17H,10-12,20H2,1-3H3,(H,21,24);(H,6,7)/b9-8+;/t14-,17+;/m0./s1. The van der Waals surface area contributed by atoms with Crippen molar-refractivity contribution < 1.29 is 32.7 Å². The molecule has 1 aliphatic rings. The van der Waals surface area contributed by atoms with E-state index in [0.29, 0.717) is 19.0 Å². The Kier molecular flexibility index (Phi) is 9.70.